The molecule has 0 amide bonds. The summed E-state index contributed by atoms with van der Waals surface area (Å²) in [5.74, 6) is 1.17. The number of nitrogens with zero attached hydrogens (tertiary/aromatic N) is 3. The molecule has 0 fully saturated rings. The molecule has 0 bridgehead atoms. The third-order valence-corrected chi connectivity index (χ3v) is 3.82. The molecule has 6 nitrogen and oxygen atoms in total. The zero-order valence-corrected chi connectivity index (χ0v) is 13.3. The summed E-state index contributed by atoms with van der Waals surface area (Å²) in [5, 5.41) is 14.1. The van der Waals surface area contributed by atoms with E-state index in [2.05, 4.69) is 38.1 Å². The first kappa shape index (κ1) is 15.4. The number of rotatable bonds is 5. The minimum atomic E-state index is -0.425. The normalized spacial score (nSPS) is 10.4. The molecule has 2 aromatic rings. The number of benzene rings is 1. The second kappa shape index (κ2) is 6.62. The van der Waals surface area contributed by atoms with Crippen LogP contribution in [0.3, 0.4) is 0 Å². The molecular weight excluding hydrogens is 336 g/mol. The molecule has 1 aromatic carbocycles. The molecule has 110 valence electrons. The molecule has 0 radical (unpaired) electrons. The number of anilines is 1. The van der Waals surface area contributed by atoms with Gasteiger partial charge in [-0.05, 0) is 29.3 Å². The van der Waals surface area contributed by atoms with Crippen molar-refractivity contribution in [1.82, 2.24) is 9.97 Å². The lowest BCUT2D eigenvalue weighted by Gasteiger charge is -2.10. The molecule has 0 atom stereocenters. The van der Waals surface area contributed by atoms with Gasteiger partial charge in [-0.15, -0.1) is 0 Å². The standard InChI is InChI=1S/C14H15BrN4O2/c1-3-7-16-14-12(15)9(2)17-13(18-14)10-5-4-6-11(8-10)19(20)21/h4-6,8H,3,7H2,1-2H3,(H,16,17,18). The van der Waals surface area contributed by atoms with Crippen LogP contribution in [-0.4, -0.2) is 21.4 Å². The molecule has 0 spiro atoms. The maximum Gasteiger partial charge on any atom is 0.270 e. The average molecular weight is 351 g/mol. The van der Waals surface area contributed by atoms with E-state index in [1.807, 2.05) is 6.92 Å². The lowest BCUT2D eigenvalue weighted by molar-refractivity contribution is -0.384. The fraction of sp³-hybridized carbons (Fsp3) is 0.286. The smallest absolute Gasteiger partial charge is 0.270 e. The van der Waals surface area contributed by atoms with Crippen LogP contribution in [0.1, 0.15) is 19.0 Å². The topological polar surface area (TPSA) is 81.0 Å². The molecule has 1 heterocycles. The summed E-state index contributed by atoms with van der Waals surface area (Å²) in [6.07, 6.45) is 0.974. The van der Waals surface area contributed by atoms with Gasteiger partial charge in [-0.3, -0.25) is 10.1 Å². The first-order valence-corrected chi connectivity index (χ1v) is 7.35. The monoisotopic (exact) mass is 350 g/mol. The molecule has 0 aliphatic heterocycles. The third kappa shape index (κ3) is 3.55. The largest absolute Gasteiger partial charge is 0.369 e. The number of nitro benzene ring substituents is 1. The van der Waals surface area contributed by atoms with Crippen molar-refractivity contribution in [3.8, 4) is 11.4 Å². The van der Waals surface area contributed by atoms with Gasteiger partial charge in [0, 0.05) is 24.2 Å². The van der Waals surface area contributed by atoms with Crippen molar-refractivity contribution in [3.63, 3.8) is 0 Å². The van der Waals surface area contributed by atoms with Gasteiger partial charge in [0.05, 0.1) is 15.1 Å². The summed E-state index contributed by atoms with van der Waals surface area (Å²) < 4.78 is 0.810. The van der Waals surface area contributed by atoms with E-state index in [1.54, 1.807) is 12.1 Å². The van der Waals surface area contributed by atoms with Crippen molar-refractivity contribution in [2.75, 3.05) is 11.9 Å². The highest BCUT2D eigenvalue weighted by molar-refractivity contribution is 9.10. The Bertz CT molecular complexity index is 676. The molecule has 0 aliphatic carbocycles. The Hall–Kier alpha value is -2.02. The van der Waals surface area contributed by atoms with Gasteiger partial charge in [0.15, 0.2) is 5.82 Å². The highest BCUT2D eigenvalue weighted by atomic mass is 79.9. The summed E-state index contributed by atoms with van der Waals surface area (Å²) >= 11 is 3.46. The Morgan fingerprint density at radius 3 is 2.81 bits per heavy atom. The quantitative estimate of drug-likeness (QED) is 0.652. The van der Waals surface area contributed by atoms with E-state index >= 15 is 0 Å². The number of non-ortho nitro benzene ring substituents is 1. The molecule has 0 unspecified atom stereocenters. The van der Waals surface area contributed by atoms with Crippen molar-refractivity contribution >= 4 is 27.4 Å². The highest BCUT2D eigenvalue weighted by Gasteiger charge is 2.13. The van der Waals surface area contributed by atoms with E-state index in [-0.39, 0.29) is 5.69 Å². The van der Waals surface area contributed by atoms with Crippen LogP contribution in [0.25, 0.3) is 11.4 Å². The Balaban J connectivity index is 2.46. The Labute approximate surface area is 130 Å². The highest BCUT2D eigenvalue weighted by Crippen LogP contribution is 2.28. The first-order chi connectivity index (χ1) is 10.0. The Morgan fingerprint density at radius 1 is 1.38 bits per heavy atom. The molecule has 0 saturated carbocycles. The minimum absolute atomic E-state index is 0.0275. The van der Waals surface area contributed by atoms with Crippen molar-refractivity contribution in [2.24, 2.45) is 0 Å². The van der Waals surface area contributed by atoms with Gasteiger partial charge in [-0.25, -0.2) is 9.97 Å². The van der Waals surface area contributed by atoms with Crippen molar-refractivity contribution in [1.29, 1.82) is 0 Å². The maximum atomic E-state index is 10.9. The van der Waals surface area contributed by atoms with E-state index in [4.69, 9.17) is 0 Å². The van der Waals surface area contributed by atoms with Gasteiger partial charge in [-0.2, -0.15) is 0 Å². The number of nitro groups is 1. The molecule has 21 heavy (non-hydrogen) atoms. The second-order valence-electron chi connectivity index (χ2n) is 4.53. The van der Waals surface area contributed by atoms with Gasteiger partial charge in [0.1, 0.15) is 5.82 Å². The summed E-state index contributed by atoms with van der Waals surface area (Å²) in [7, 11) is 0. The van der Waals surface area contributed by atoms with Crippen LogP contribution in [0.15, 0.2) is 28.7 Å². The number of aryl methyl sites for hydroxylation is 1. The van der Waals surface area contributed by atoms with Gasteiger partial charge in [0.2, 0.25) is 0 Å². The average Bonchev–Trinajstić information content (AvgIpc) is 2.48. The SMILES string of the molecule is CCCNc1nc(-c2cccc([N+](=O)[O-])c2)nc(C)c1Br. The lowest BCUT2D eigenvalue weighted by atomic mass is 10.2. The molecule has 2 rings (SSSR count). The summed E-state index contributed by atoms with van der Waals surface area (Å²) in [6.45, 7) is 4.73. The van der Waals surface area contributed by atoms with Gasteiger partial charge in [-0.1, -0.05) is 19.1 Å². The molecule has 0 saturated heterocycles. The van der Waals surface area contributed by atoms with Gasteiger partial charge < -0.3 is 5.32 Å². The summed E-state index contributed by atoms with van der Waals surface area (Å²) in [5.41, 5.74) is 1.43. The fourth-order valence-corrected chi connectivity index (χ4v) is 2.12. The van der Waals surface area contributed by atoms with Crippen LogP contribution >= 0.6 is 15.9 Å². The number of halogens is 1. The maximum absolute atomic E-state index is 10.9. The van der Waals surface area contributed by atoms with Crippen LogP contribution in [0, 0.1) is 17.0 Å². The fourth-order valence-electron chi connectivity index (χ4n) is 1.81. The zero-order valence-electron chi connectivity index (χ0n) is 11.8. The molecular formula is C14H15BrN4O2. The Morgan fingerprint density at radius 2 is 2.14 bits per heavy atom. The minimum Gasteiger partial charge on any atom is -0.369 e. The predicted octanol–water partition coefficient (Wildman–Crippen LogP) is 3.94. The summed E-state index contributed by atoms with van der Waals surface area (Å²) in [6, 6.07) is 6.32. The van der Waals surface area contributed by atoms with Crippen LogP contribution in [-0.2, 0) is 0 Å². The van der Waals surface area contributed by atoms with Gasteiger partial charge in [0.25, 0.3) is 5.69 Å². The third-order valence-electron chi connectivity index (χ3n) is 2.87. The first-order valence-electron chi connectivity index (χ1n) is 6.55. The molecule has 0 aliphatic rings. The van der Waals surface area contributed by atoms with Crippen molar-refractivity contribution in [3.05, 3.63) is 44.5 Å². The predicted molar refractivity (Wildman–Crippen MR) is 85.3 cm³/mol. The van der Waals surface area contributed by atoms with E-state index < -0.39 is 4.92 Å². The van der Waals surface area contributed by atoms with Crippen molar-refractivity contribution < 1.29 is 4.92 Å². The van der Waals surface area contributed by atoms with E-state index in [0.717, 1.165) is 23.1 Å². The molecule has 1 aromatic heterocycles. The van der Waals surface area contributed by atoms with E-state index in [9.17, 15) is 10.1 Å². The lowest BCUT2D eigenvalue weighted by Crippen LogP contribution is -2.06. The van der Waals surface area contributed by atoms with Crippen LogP contribution in [0.5, 0.6) is 0 Å². The van der Waals surface area contributed by atoms with E-state index in [0.29, 0.717) is 17.2 Å². The van der Waals surface area contributed by atoms with Crippen molar-refractivity contribution in [2.45, 2.75) is 20.3 Å². The zero-order chi connectivity index (χ0) is 15.4. The van der Waals surface area contributed by atoms with Crippen LogP contribution in [0.2, 0.25) is 0 Å². The number of aromatic nitrogens is 2. The number of hydrogen-bond donors (Lipinski definition) is 1. The van der Waals surface area contributed by atoms with E-state index in [1.165, 1.54) is 12.1 Å². The number of hydrogen-bond acceptors (Lipinski definition) is 5. The molecule has 7 heteroatoms. The van der Waals surface area contributed by atoms with Crippen LogP contribution in [0.4, 0.5) is 11.5 Å². The van der Waals surface area contributed by atoms with Gasteiger partial charge >= 0.3 is 0 Å². The second-order valence-corrected chi connectivity index (χ2v) is 5.32. The number of nitrogens with one attached hydrogen (secondary N) is 1. The molecule has 1 N–H and O–H groups in total. The van der Waals surface area contributed by atoms with Crippen LogP contribution < -0.4 is 5.32 Å². The Kier molecular flexibility index (Phi) is 4.85. The summed E-state index contributed by atoms with van der Waals surface area (Å²) in [4.78, 5) is 19.3.